The lowest BCUT2D eigenvalue weighted by Crippen LogP contribution is -2.33. The van der Waals surface area contributed by atoms with Crippen molar-refractivity contribution in [2.24, 2.45) is 0 Å². The molecule has 0 saturated carbocycles. The predicted molar refractivity (Wildman–Crippen MR) is 93.2 cm³/mol. The normalized spacial score (nSPS) is 12.6. The minimum atomic E-state index is -0.620. The van der Waals surface area contributed by atoms with E-state index in [4.69, 9.17) is 0 Å². The van der Waals surface area contributed by atoms with Gasteiger partial charge in [-0.05, 0) is 55.3 Å². The number of aliphatic hydroxyl groups is 1. The second kappa shape index (κ2) is 10.1. The monoisotopic (exact) mass is 341 g/mol. The zero-order valence-corrected chi connectivity index (χ0v) is 13.8. The average Bonchev–Trinajstić information content (AvgIpc) is 2.49. The fraction of sp³-hybridized carbons (Fsp3) is 0.294. The van der Waals surface area contributed by atoms with Gasteiger partial charge in [-0.15, -0.1) is 12.4 Å². The van der Waals surface area contributed by atoms with Gasteiger partial charge in [0.05, 0.1) is 6.10 Å². The second-order valence-corrected chi connectivity index (χ2v) is 5.20. The molecule has 128 valence electrons. The van der Waals surface area contributed by atoms with E-state index in [2.05, 4.69) is 5.32 Å². The molecule has 0 aromatic heterocycles. The number of aliphatic hydroxyl groups excluding tert-OH is 1. The van der Waals surface area contributed by atoms with Crippen LogP contribution < -0.4 is 5.32 Å². The molecule has 2 aromatic carbocycles. The number of phenols is 2. The molecule has 2 aromatic rings. The Kier molecular flexibility index (Phi) is 9.29. The van der Waals surface area contributed by atoms with Gasteiger partial charge in [-0.2, -0.15) is 0 Å². The van der Waals surface area contributed by atoms with Gasteiger partial charge in [-0.25, -0.2) is 0 Å². The summed E-state index contributed by atoms with van der Waals surface area (Å²) in [5.74, 6) is 0.460. The SMILES string of the molecule is C[C@H](NCCc1ccc(O)cc1)[C@H](O)c1ccc(O)cc1.Cl.O. The summed E-state index contributed by atoms with van der Waals surface area (Å²) in [4.78, 5) is 0. The van der Waals surface area contributed by atoms with Gasteiger partial charge in [0.2, 0.25) is 0 Å². The number of hydrogen-bond donors (Lipinski definition) is 4. The van der Waals surface area contributed by atoms with Gasteiger partial charge >= 0.3 is 0 Å². The van der Waals surface area contributed by atoms with E-state index in [1.165, 1.54) is 0 Å². The highest BCUT2D eigenvalue weighted by Gasteiger charge is 2.15. The van der Waals surface area contributed by atoms with Crippen molar-refractivity contribution >= 4 is 12.4 Å². The van der Waals surface area contributed by atoms with Crippen LogP contribution in [0.3, 0.4) is 0 Å². The molecule has 6 heteroatoms. The lowest BCUT2D eigenvalue weighted by Gasteiger charge is -2.20. The molecule has 23 heavy (non-hydrogen) atoms. The van der Waals surface area contributed by atoms with Gasteiger partial charge in [0.25, 0.3) is 0 Å². The fourth-order valence-electron chi connectivity index (χ4n) is 2.18. The van der Waals surface area contributed by atoms with Crippen LogP contribution in [0.4, 0.5) is 0 Å². The van der Waals surface area contributed by atoms with E-state index in [1.807, 2.05) is 19.1 Å². The lowest BCUT2D eigenvalue weighted by atomic mass is 10.0. The molecular weight excluding hydrogens is 318 g/mol. The van der Waals surface area contributed by atoms with Crippen LogP contribution in [0.2, 0.25) is 0 Å². The Hall–Kier alpha value is -1.79. The molecule has 0 bridgehead atoms. The maximum atomic E-state index is 10.2. The zero-order chi connectivity index (χ0) is 15.2. The molecule has 0 amide bonds. The van der Waals surface area contributed by atoms with Crippen LogP contribution in [0.15, 0.2) is 48.5 Å². The van der Waals surface area contributed by atoms with Crippen LogP contribution in [0.25, 0.3) is 0 Å². The van der Waals surface area contributed by atoms with E-state index in [0.29, 0.717) is 0 Å². The van der Waals surface area contributed by atoms with Crippen LogP contribution in [0, 0.1) is 0 Å². The molecule has 0 aliphatic carbocycles. The van der Waals surface area contributed by atoms with Crippen molar-refractivity contribution in [2.45, 2.75) is 25.5 Å². The third-order valence-electron chi connectivity index (χ3n) is 3.52. The molecule has 0 saturated heterocycles. The molecule has 0 aliphatic rings. The summed E-state index contributed by atoms with van der Waals surface area (Å²) in [6, 6.07) is 13.6. The Morgan fingerprint density at radius 1 is 0.913 bits per heavy atom. The van der Waals surface area contributed by atoms with Crippen molar-refractivity contribution in [3.05, 3.63) is 59.7 Å². The van der Waals surface area contributed by atoms with Crippen molar-refractivity contribution in [3.63, 3.8) is 0 Å². The van der Waals surface area contributed by atoms with Gasteiger partial charge in [-0.1, -0.05) is 24.3 Å². The summed E-state index contributed by atoms with van der Waals surface area (Å²) in [6.45, 7) is 2.66. The average molecular weight is 342 g/mol. The summed E-state index contributed by atoms with van der Waals surface area (Å²) in [7, 11) is 0. The summed E-state index contributed by atoms with van der Waals surface area (Å²) < 4.78 is 0. The Morgan fingerprint density at radius 2 is 1.39 bits per heavy atom. The van der Waals surface area contributed by atoms with Gasteiger partial charge in [0.1, 0.15) is 11.5 Å². The Labute approximate surface area is 142 Å². The molecular formula is C17H24ClNO4. The third-order valence-corrected chi connectivity index (χ3v) is 3.52. The summed E-state index contributed by atoms with van der Waals surface area (Å²) in [5.41, 5.74) is 1.91. The number of aromatic hydroxyl groups is 2. The van der Waals surface area contributed by atoms with Crippen LogP contribution in [-0.2, 0) is 6.42 Å². The summed E-state index contributed by atoms with van der Waals surface area (Å²) in [5, 5.41) is 32.0. The number of nitrogens with one attached hydrogen (secondary N) is 1. The smallest absolute Gasteiger partial charge is 0.115 e. The molecule has 2 rings (SSSR count). The molecule has 0 heterocycles. The number of rotatable bonds is 6. The predicted octanol–water partition coefficient (Wildman–Crippen LogP) is 1.95. The first-order chi connectivity index (χ1) is 10.1. The van der Waals surface area contributed by atoms with Crippen LogP contribution >= 0.6 is 12.4 Å². The van der Waals surface area contributed by atoms with E-state index < -0.39 is 6.10 Å². The van der Waals surface area contributed by atoms with E-state index in [9.17, 15) is 15.3 Å². The fourth-order valence-corrected chi connectivity index (χ4v) is 2.18. The number of phenolic OH excluding ortho intramolecular Hbond substituents is 2. The van der Waals surface area contributed by atoms with Gasteiger partial charge < -0.3 is 26.1 Å². The number of hydrogen-bond acceptors (Lipinski definition) is 4. The molecule has 2 atom stereocenters. The van der Waals surface area contributed by atoms with Crippen molar-refractivity contribution in [1.29, 1.82) is 0 Å². The van der Waals surface area contributed by atoms with Crippen LogP contribution in [0.1, 0.15) is 24.2 Å². The minimum absolute atomic E-state index is 0. The van der Waals surface area contributed by atoms with Gasteiger partial charge in [0, 0.05) is 6.04 Å². The summed E-state index contributed by atoms with van der Waals surface area (Å²) >= 11 is 0. The summed E-state index contributed by atoms with van der Waals surface area (Å²) in [6.07, 6.45) is 0.206. The molecule has 0 spiro atoms. The van der Waals surface area contributed by atoms with E-state index in [-0.39, 0.29) is 35.4 Å². The number of halogens is 1. The van der Waals surface area contributed by atoms with E-state index in [0.717, 1.165) is 24.1 Å². The standard InChI is InChI=1S/C17H21NO3.ClH.H2O/c1-12(17(21)14-4-8-16(20)9-5-14)18-11-10-13-2-6-15(19)7-3-13;;/h2-9,12,17-21H,10-11H2,1H3;1H;1H2/t12-,17-;;/m0../s1. The highest BCUT2D eigenvalue weighted by atomic mass is 35.5. The van der Waals surface area contributed by atoms with Crippen molar-refractivity contribution in [1.82, 2.24) is 5.32 Å². The quantitative estimate of drug-likeness (QED) is 0.644. The third kappa shape index (κ3) is 6.46. The molecule has 0 fully saturated rings. The molecule has 0 radical (unpaired) electrons. The maximum absolute atomic E-state index is 10.2. The highest BCUT2D eigenvalue weighted by molar-refractivity contribution is 5.85. The molecule has 5 nitrogen and oxygen atoms in total. The lowest BCUT2D eigenvalue weighted by molar-refractivity contribution is 0.136. The van der Waals surface area contributed by atoms with E-state index in [1.54, 1.807) is 36.4 Å². The van der Waals surface area contributed by atoms with Gasteiger partial charge in [0.15, 0.2) is 0 Å². The Bertz CT molecular complexity index is 560. The number of benzene rings is 2. The minimum Gasteiger partial charge on any atom is -0.508 e. The molecule has 0 aliphatic heterocycles. The van der Waals surface area contributed by atoms with Crippen molar-refractivity contribution in [2.75, 3.05) is 6.54 Å². The second-order valence-electron chi connectivity index (χ2n) is 5.20. The highest BCUT2D eigenvalue weighted by Crippen LogP contribution is 2.19. The zero-order valence-electron chi connectivity index (χ0n) is 12.9. The first-order valence-electron chi connectivity index (χ1n) is 7.04. The van der Waals surface area contributed by atoms with Crippen molar-refractivity contribution < 1.29 is 20.8 Å². The molecule has 6 N–H and O–H groups in total. The van der Waals surface area contributed by atoms with Crippen LogP contribution in [0.5, 0.6) is 11.5 Å². The van der Waals surface area contributed by atoms with Crippen LogP contribution in [-0.4, -0.2) is 33.4 Å². The van der Waals surface area contributed by atoms with Gasteiger partial charge in [-0.3, -0.25) is 0 Å². The van der Waals surface area contributed by atoms with E-state index >= 15 is 0 Å². The molecule has 0 unspecified atom stereocenters. The first kappa shape index (κ1) is 21.2. The van der Waals surface area contributed by atoms with Crippen molar-refractivity contribution in [3.8, 4) is 11.5 Å². The Morgan fingerprint density at radius 3 is 1.91 bits per heavy atom. The maximum Gasteiger partial charge on any atom is 0.115 e. The largest absolute Gasteiger partial charge is 0.508 e. The first-order valence-corrected chi connectivity index (χ1v) is 7.04. The Balaban J connectivity index is 0.00000242. The topological polar surface area (TPSA) is 104 Å².